The van der Waals surface area contributed by atoms with E-state index in [-0.39, 0.29) is 54.2 Å². The summed E-state index contributed by atoms with van der Waals surface area (Å²) in [6.07, 6.45) is -2.06. The fraction of sp³-hybridized carbons (Fsp3) is 0.829. The number of aliphatic hydroxyl groups is 2. The molecular weight excluding hydrogens is 632 g/mol. The van der Waals surface area contributed by atoms with Gasteiger partial charge in [-0.3, -0.25) is 28.8 Å². The lowest BCUT2D eigenvalue weighted by Gasteiger charge is -2.31. The first-order chi connectivity index (χ1) is 22.6. The molecule has 284 valence electrons. The van der Waals surface area contributed by atoms with Gasteiger partial charge in [0.1, 0.15) is 18.1 Å². The van der Waals surface area contributed by atoms with Crippen LogP contribution in [0.1, 0.15) is 108 Å². The van der Waals surface area contributed by atoms with Crippen LogP contribution in [-0.2, 0) is 28.8 Å². The predicted molar refractivity (Wildman–Crippen MR) is 189 cm³/mol. The molecule has 0 aromatic carbocycles. The molecule has 0 aromatic rings. The number of nitrogens with one attached hydrogen (secondary N) is 6. The van der Waals surface area contributed by atoms with Crippen LogP contribution in [0.2, 0.25) is 0 Å². The Kier molecular flexibility index (Phi) is 21.0. The number of hydrogen-bond donors (Lipinski definition) is 8. The molecule has 0 rings (SSSR count). The van der Waals surface area contributed by atoms with Crippen LogP contribution in [0.4, 0.5) is 0 Å². The van der Waals surface area contributed by atoms with Crippen LogP contribution in [0.25, 0.3) is 0 Å². The van der Waals surface area contributed by atoms with E-state index in [0.29, 0.717) is 12.8 Å². The Hall–Kier alpha value is -3.26. The van der Waals surface area contributed by atoms with Gasteiger partial charge in [-0.05, 0) is 49.4 Å². The lowest BCUT2D eigenvalue weighted by Crippen LogP contribution is -2.59. The molecule has 8 N–H and O–H groups in total. The van der Waals surface area contributed by atoms with Gasteiger partial charge in [0.2, 0.25) is 35.4 Å². The summed E-state index contributed by atoms with van der Waals surface area (Å²) >= 11 is 0. The molecule has 0 saturated heterocycles. The molecule has 0 aliphatic rings. The van der Waals surface area contributed by atoms with E-state index >= 15 is 0 Å². The Morgan fingerprint density at radius 2 is 0.857 bits per heavy atom. The van der Waals surface area contributed by atoms with Gasteiger partial charge in [-0.25, -0.2) is 0 Å². The topological polar surface area (TPSA) is 215 Å². The normalized spacial score (nSPS) is 16.0. The first kappa shape index (κ1) is 45.7. The third-order valence-corrected chi connectivity index (χ3v) is 7.98. The second-order valence-corrected chi connectivity index (χ2v) is 15.1. The van der Waals surface area contributed by atoms with Gasteiger partial charge >= 0.3 is 0 Å². The summed E-state index contributed by atoms with van der Waals surface area (Å²) in [5.41, 5.74) is 0. The van der Waals surface area contributed by atoms with Crippen LogP contribution in [0.15, 0.2) is 0 Å². The average molecular weight is 699 g/mol. The van der Waals surface area contributed by atoms with E-state index in [9.17, 15) is 39.0 Å². The zero-order valence-electron chi connectivity index (χ0n) is 31.8. The highest BCUT2D eigenvalue weighted by atomic mass is 16.3. The van der Waals surface area contributed by atoms with Crippen molar-refractivity contribution < 1.29 is 39.0 Å². The van der Waals surface area contributed by atoms with Crippen molar-refractivity contribution in [1.29, 1.82) is 0 Å². The quantitative estimate of drug-likeness (QED) is 0.0819. The molecule has 0 fully saturated rings. The average Bonchev–Trinajstić information content (AvgIpc) is 2.96. The Bertz CT molecular complexity index is 1080. The zero-order valence-corrected chi connectivity index (χ0v) is 31.8. The molecular formula is C35H66N6O8. The van der Waals surface area contributed by atoms with Crippen molar-refractivity contribution in [3.05, 3.63) is 0 Å². The van der Waals surface area contributed by atoms with Crippen LogP contribution in [-0.4, -0.2) is 95.1 Å². The first-order valence-electron chi connectivity index (χ1n) is 17.7. The molecule has 0 aliphatic carbocycles. The molecule has 14 nitrogen and oxygen atoms in total. The maximum absolute atomic E-state index is 13.5. The Balaban J connectivity index is 5.61. The van der Waals surface area contributed by atoms with Gasteiger partial charge < -0.3 is 42.1 Å². The minimum atomic E-state index is -1.31. The van der Waals surface area contributed by atoms with Gasteiger partial charge in [0.15, 0.2) is 0 Å². The summed E-state index contributed by atoms with van der Waals surface area (Å²) in [6, 6.07) is -4.41. The smallest absolute Gasteiger partial charge is 0.243 e. The molecule has 14 heteroatoms. The summed E-state index contributed by atoms with van der Waals surface area (Å²) in [5.74, 6) is -3.18. The van der Waals surface area contributed by atoms with Crippen molar-refractivity contribution in [1.82, 2.24) is 31.9 Å². The Morgan fingerprint density at radius 3 is 1.27 bits per heavy atom. The van der Waals surface area contributed by atoms with Crippen LogP contribution < -0.4 is 31.9 Å². The molecule has 6 amide bonds. The summed E-state index contributed by atoms with van der Waals surface area (Å²) in [4.78, 5) is 76.9. The molecule has 0 saturated carbocycles. The Morgan fingerprint density at radius 1 is 0.469 bits per heavy atom. The summed E-state index contributed by atoms with van der Waals surface area (Å²) < 4.78 is 0. The van der Waals surface area contributed by atoms with Gasteiger partial charge in [-0.2, -0.15) is 0 Å². The minimum Gasteiger partial charge on any atom is -0.390 e. The van der Waals surface area contributed by atoms with Crippen molar-refractivity contribution in [2.75, 3.05) is 7.05 Å². The fourth-order valence-electron chi connectivity index (χ4n) is 5.27. The van der Waals surface area contributed by atoms with Crippen molar-refractivity contribution >= 4 is 35.4 Å². The minimum absolute atomic E-state index is 0.0282. The van der Waals surface area contributed by atoms with Gasteiger partial charge in [-0.1, -0.05) is 69.2 Å². The number of carbonyl (C=O) groups is 6. The van der Waals surface area contributed by atoms with Crippen molar-refractivity contribution in [2.24, 2.45) is 29.6 Å². The summed E-state index contributed by atoms with van der Waals surface area (Å²) in [6.45, 7) is 20.0. The Labute approximate surface area is 293 Å². The molecule has 49 heavy (non-hydrogen) atoms. The zero-order chi connectivity index (χ0) is 38.2. The van der Waals surface area contributed by atoms with Crippen LogP contribution in [0.3, 0.4) is 0 Å². The summed E-state index contributed by atoms with van der Waals surface area (Å²) in [5, 5.41) is 37.8. The molecule has 0 unspecified atom stereocenters. The molecule has 0 radical (unpaired) electrons. The van der Waals surface area contributed by atoms with Crippen molar-refractivity contribution in [3.63, 3.8) is 0 Å². The number of aliphatic hydroxyl groups excluding tert-OH is 2. The van der Waals surface area contributed by atoms with Gasteiger partial charge in [-0.15, -0.1) is 0 Å². The standard InChI is InChI=1S/C35H66N6O8/c1-18(2)13-24(26(42)16-28(44)36-12)38-33(47)23(11)37-30(46)17-27(43)25(14-19(3)4)39-34(48)32(22(9)10)41-35(49)31(21(7)8)40-29(45)15-20(5)6/h18-27,31-32,42-43H,13-17H2,1-12H3,(H,36,44)(H,37,46)(H,38,47)(H,39,48)(H,40,45)(H,41,49)/t23-,24-,25-,26-,27-,31-,32-/m0/s1. The fourth-order valence-corrected chi connectivity index (χ4v) is 5.27. The SMILES string of the molecule is CNC(=O)C[C@H](O)[C@H](CC(C)C)NC(=O)[C@H](C)NC(=O)C[C@H](O)[C@H](CC(C)C)NC(=O)[C@@H](NC(=O)[C@@H](NC(=O)CC(C)C)C(C)C)C(C)C. The highest BCUT2D eigenvalue weighted by Gasteiger charge is 2.34. The van der Waals surface area contributed by atoms with Crippen molar-refractivity contribution in [3.8, 4) is 0 Å². The van der Waals surface area contributed by atoms with E-state index in [2.05, 4.69) is 31.9 Å². The summed E-state index contributed by atoms with van der Waals surface area (Å²) in [7, 11) is 1.45. The molecule has 0 heterocycles. The highest BCUT2D eigenvalue weighted by Crippen LogP contribution is 2.15. The third kappa shape index (κ3) is 18.3. The first-order valence-corrected chi connectivity index (χ1v) is 17.7. The maximum atomic E-state index is 13.5. The van der Waals surface area contributed by atoms with E-state index in [1.54, 1.807) is 27.7 Å². The lowest BCUT2D eigenvalue weighted by atomic mass is 9.95. The van der Waals surface area contributed by atoms with E-state index in [4.69, 9.17) is 0 Å². The highest BCUT2D eigenvalue weighted by molar-refractivity contribution is 5.92. The van der Waals surface area contributed by atoms with E-state index in [1.165, 1.54) is 14.0 Å². The van der Waals surface area contributed by atoms with Crippen molar-refractivity contribution in [2.45, 2.75) is 151 Å². The second-order valence-electron chi connectivity index (χ2n) is 15.1. The predicted octanol–water partition coefficient (Wildman–Crippen LogP) is 1.13. The maximum Gasteiger partial charge on any atom is 0.243 e. The van der Waals surface area contributed by atoms with Crippen LogP contribution in [0, 0.1) is 29.6 Å². The number of hydrogen-bond acceptors (Lipinski definition) is 8. The van der Waals surface area contributed by atoms with E-state index in [1.807, 2.05) is 41.5 Å². The molecule has 0 aliphatic heterocycles. The van der Waals surface area contributed by atoms with Crippen LogP contribution in [0.5, 0.6) is 0 Å². The van der Waals surface area contributed by atoms with Gasteiger partial charge in [0.25, 0.3) is 0 Å². The number of carbonyl (C=O) groups excluding carboxylic acids is 6. The molecule has 0 spiro atoms. The van der Waals surface area contributed by atoms with E-state index in [0.717, 1.165) is 0 Å². The molecule has 0 aromatic heterocycles. The van der Waals surface area contributed by atoms with E-state index < -0.39 is 72.5 Å². The number of rotatable bonds is 22. The second kappa shape index (κ2) is 22.5. The van der Waals surface area contributed by atoms with Crippen LogP contribution >= 0.6 is 0 Å². The van der Waals surface area contributed by atoms with Gasteiger partial charge in [0, 0.05) is 13.5 Å². The third-order valence-electron chi connectivity index (χ3n) is 7.98. The molecule has 7 atom stereocenters. The number of amides is 6. The van der Waals surface area contributed by atoms with Gasteiger partial charge in [0.05, 0.1) is 37.1 Å². The molecule has 0 bridgehead atoms. The lowest BCUT2D eigenvalue weighted by molar-refractivity contribution is -0.134. The largest absolute Gasteiger partial charge is 0.390 e. The monoisotopic (exact) mass is 698 g/mol.